The maximum absolute atomic E-state index is 12.0. The molecule has 24 heavy (non-hydrogen) atoms. The summed E-state index contributed by atoms with van der Waals surface area (Å²) in [6.45, 7) is 5.82. The van der Waals surface area contributed by atoms with E-state index >= 15 is 0 Å². The van der Waals surface area contributed by atoms with Crippen molar-refractivity contribution in [3.63, 3.8) is 0 Å². The van der Waals surface area contributed by atoms with Crippen molar-refractivity contribution in [2.45, 2.75) is 50.6 Å². The van der Waals surface area contributed by atoms with Gasteiger partial charge in [-0.1, -0.05) is 6.42 Å². The first kappa shape index (κ1) is 17.2. The van der Waals surface area contributed by atoms with Crippen LogP contribution < -0.4 is 0 Å². The summed E-state index contributed by atoms with van der Waals surface area (Å²) in [5.41, 5.74) is 4.14. The van der Waals surface area contributed by atoms with Crippen molar-refractivity contribution in [3.8, 4) is 0 Å². The van der Waals surface area contributed by atoms with E-state index in [4.69, 9.17) is 0 Å². The van der Waals surface area contributed by atoms with E-state index in [1.165, 1.54) is 18.0 Å². The Labute approximate surface area is 143 Å². The summed E-state index contributed by atoms with van der Waals surface area (Å²) in [6, 6.07) is 0.0463. The van der Waals surface area contributed by atoms with Crippen LogP contribution in [0.4, 0.5) is 0 Å². The van der Waals surface area contributed by atoms with E-state index in [0.717, 1.165) is 49.4 Å². The lowest BCUT2D eigenvalue weighted by molar-refractivity contribution is 0.134. The first-order valence-electron chi connectivity index (χ1n) is 8.25. The van der Waals surface area contributed by atoms with E-state index in [9.17, 15) is 8.42 Å². The smallest absolute Gasteiger partial charge is 0.178 e. The van der Waals surface area contributed by atoms with E-state index in [1.54, 1.807) is 0 Å². The Balaban J connectivity index is 1.94. The van der Waals surface area contributed by atoms with Gasteiger partial charge in [-0.2, -0.15) is 10.2 Å². The third-order valence-corrected chi connectivity index (χ3v) is 6.12. The fourth-order valence-electron chi connectivity index (χ4n) is 3.58. The molecule has 132 valence electrons. The molecular formula is C16H25N5O2S. The topological polar surface area (TPSA) is 83.9 Å². The lowest BCUT2D eigenvalue weighted by Gasteiger charge is -2.35. The number of sulfone groups is 1. The second-order valence-corrected chi connectivity index (χ2v) is 8.66. The van der Waals surface area contributed by atoms with Gasteiger partial charge in [0.25, 0.3) is 0 Å². The zero-order chi connectivity index (χ0) is 17.5. The van der Waals surface area contributed by atoms with Crippen molar-refractivity contribution in [1.29, 1.82) is 0 Å². The average molecular weight is 351 g/mol. The number of piperidine rings is 1. The molecule has 0 amide bonds. The molecule has 3 heterocycles. The average Bonchev–Trinajstić information content (AvgIpc) is 3.09. The quantitative estimate of drug-likeness (QED) is 0.909. The number of aryl methyl sites for hydroxylation is 2. The molecule has 0 aromatic carbocycles. The summed E-state index contributed by atoms with van der Waals surface area (Å²) in [7, 11) is -1.33. The Bertz CT molecular complexity index is 837. The summed E-state index contributed by atoms with van der Waals surface area (Å²) >= 11 is 0. The Morgan fingerprint density at radius 2 is 2.08 bits per heavy atom. The molecule has 0 unspecified atom stereocenters. The Kier molecular flexibility index (Phi) is 4.52. The number of aromatic amines is 1. The van der Waals surface area contributed by atoms with Crippen LogP contribution in [0.5, 0.6) is 0 Å². The van der Waals surface area contributed by atoms with Gasteiger partial charge in [-0.05, 0) is 33.2 Å². The molecule has 3 rings (SSSR count). The summed E-state index contributed by atoms with van der Waals surface area (Å²) in [6.07, 6.45) is 5.82. The molecule has 2 aromatic rings. The molecule has 1 aliphatic rings. The van der Waals surface area contributed by atoms with Gasteiger partial charge in [0.15, 0.2) is 9.84 Å². The van der Waals surface area contributed by atoms with Gasteiger partial charge in [-0.3, -0.25) is 14.7 Å². The fraction of sp³-hybridized carbons (Fsp3) is 0.625. The predicted molar refractivity (Wildman–Crippen MR) is 91.4 cm³/mol. The van der Waals surface area contributed by atoms with Crippen molar-refractivity contribution < 1.29 is 8.42 Å². The number of likely N-dealkylation sites (tertiary alicyclic amines) is 1. The predicted octanol–water partition coefficient (Wildman–Crippen LogP) is 1.89. The zero-order valence-electron chi connectivity index (χ0n) is 14.7. The largest absolute Gasteiger partial charge is 0.290 e. The van der Waals surface area contributed by atoms with Crippen molar-refractivity contribution in [2.24, 2.45) is 7.05 Å². The molecule has 0 saturated carbocycles. The van der Waals surface area contributed by atoms with Crippen LogP contribution in [-0.2, 0) is 23.4 Å². The van der Waals surface area contributed by atoms with E-state index in [1.807, 2.05) is 18.7 Å². The minimum Gasteiger partial charge on any atom is -0.290 e. The number of hydrogen-bond acceptors (Lipinski definition) is 5. The van der Waals surface area contributed by atoms with Crippen LogP contribution in [0.15, 0.2) is 11.1 Å². The number of H-pyrrole nitrogens is 1. The van der Waals surface area contributed by atoms with E-state index in [2.05, 4.69) is 27.1 Å². The Morgan fingerprint density at radius 1 is 1.33 bits per heavy atom. The third-order valence-electron chi connectivity index (χ3n) is 5.00. The number of hydrogen-bond donors (Lipinski definition) is 1. The lowest BCUT2D eigenvalue weighted by Crippen LogP contribution is -2.34. The first-order valence-corrected chi connectivity index (χ1v) is 10.1. The normalized spacial score (nSPS) is 19.8. The highest BCUT2D eigenvalue weighted by Crippen LogP contribution is 2.34. The highest BCUT2D eigenvalue weighted by atomic mass is 32.2. The van der Waals surface area contributed by atoms with Gasteiger partial charge in [0.1, 0.15) is 4.90 Å². The van der Waals surface area contributed by atoms with Crippen LogP contribution in [-0.4, -0.2) is 46.1 Å². The molecule has 2 aromatic heterocycles. The molecule has 0 spiro atoms. The van der Waals surface area contributed by atoms with Gasteiger partial charge in [-0.25, -0.2) is 8.42 Å². The zero-order valence-corrected chi connectivity index (χ0v) is 15.5. The van der Waals surface area contributed by atoms with Crippen LogP contribution in [0.1, 0.15) is 47.9 Å². The summed E-state index contributed by atoms with van der Waals surface area (Å²) in [5.74, 6) is 0. The van der Waals surface area contributed by atoms with E-state index < -0.39 is 9.84 Å². The van der Waals surface area contributed by atoms with Gasteiger partial charge in [0.2, 0.25) is 0 Å². The molecule has 7 nitrogen and oxygen atoms in total. The number of nitrogens with zero attached hydrogens (tertiary/aromatic N) is 4. The minimum atomic E-state index is -3.28. The Morgan fingerprint density at radius 3 is 2.71 bits per heavy atom. The second-order valence-electron chi connectivity index (χ2n) is 6.68. The number of rotatable bonds is 4. The van der Waals surface area contributed by atoms with Crippen LogP contribution in [0.25, 0.3) is 0 Å². The van der Waals surface area contributed by atoms with E-state index in [0.29, 0.717) is 4.90 Å². The molecular weight excluding hydrogens is 326 g/mol. The third kappa shape index (κ3) is 3.12. The van der Waals surface area contributed by atoms with Gasteiger partial charge in [0.05, 0.1) is 23.6 Å². The van der Waals surface area contributed by atoms with Crippen molar-refractivity contribution in [2.75, 3.05) is 12.8 Å². The van der Waals surface area contributed by atoms with Crippen molar-refractivity contribution >= 4 is 9.84 Å². The SMILES string of the molecule is Cc1nn(C)c(C)c1CN1CCCC[C@H]1c1[nH]ncc1S(C)(=O)=O. The molecule has 0 aliphatic carbocycles. The summed E-state index contributed by atoms with van der Waals surface area (Å²) < 4.78 is 26.0. The molecule has 1 N–H and O–H groups in total. The standard InChI is InChI=1S/C16H25N5O2S/c1-11-13(12(2)20(3)19-11)10-21-8-6-5-7-14(21)16-15(9-17-18-16)24(4,22)23/h9,14H,5-8,10H2,1-4H3,(H,17,18)/t14-/m0/s1. The minimum absolute atomic E-state index is 0.0463. The van der Waals surface area contributed by atoms with Gasteiger partial charge in [-0.15, -0.1) is 0 Å². The highest BCUT2D eigenvalue weighted by molar-refractivity contribution is 7.90. The molecule has 0 bridgehead atoms. The molecule has 1 fully saturated rings. The highest BCUT2D eigenvalue weighted by Gasteiger charge is 2.31. The second kappa shape index (κ2) is 6.33. The number of aromatic nitrogens is 4. The maximum Gasteiger partial charge on any atom is 0.178 e. The molecule has 1 saturated heterocycles. The van der Waals surface area contributed by atoms with Crippen LogP contribution in [0, 0.1) is 13.8 Å². The molecule has 1 atom stereocenters. The maximum atomic E-state index is 12.0. The van der Waals surface area contributed by atoms with Crippen molar-refractivity contribution in [3.05, 3.63) is 28.8 Å². The molecule has 1 aliphatic heterocycles. The van der Waals surface area contributed by atoms with Crippen LogP contribution in [0.2, 0.25) is 0 Å². The Hall–Kier alpha value is -1.67. The van der Waals surface area contributed by atoms with Gasteiger partial charge >= 0.3 is 0 Å². The monoisotopic (exact) mass is 351 g/mol. The van der Waals surface area contributed by atoms with Crippen LogP contribution in [0.3, 0.4) is 0 Å². The first-order chi connectivity index (χ1) is 11.3. The van der Waals surface area contributed by atoms with Gasteiger partial charge < -0.3 is 0 Å². The summed E-state index contributed by atoms with van der Waals surface area (Å²) in [4.78, 5) is 2.67. The summed E-state index contributed by atoms with van der Waals surface area (Å²) in [5, 5.41) is 11.4. The van der Waals surface area contributed by atoms with E-state index in [-0.39, 0.29) is 6.04 Å². The fourth-order valence-corrected chi connectivity index (χ4v) is 4.40. The number of nitrogens with one attached hydrogen (secondary N) is 1. The molecule has 0 radical (unpaired) electrons. The van der Waals surface area contributed by atoms with Gasteiger partial charge in [0, 0.05) is 31.1 Å². The molecule has 8 heteroatoms. The lowest BCUT2D eigenvalue weighted by atomic mass is 9.98. The van der Waals surface area contributed by atoms with Crippen LogP contribution >= 0.6 is 0 Å². The van der Waals surface area contributed by atoms with Crippen molar-refractivity contribution in [1.82, 2.24) is 24.9 Å².